The number of halogens is 1. The molecule has 42 heavy (non-hydrogen) atoms. The van der Waals surface area contributed by atoms with Gasteiger partial charge in [-0.3, -0.25) is 9.36 Å². The fourth-order valence-corrected chi connectivity index (χ4v) is 5.76. The summed E-state index contributed by atoms with van der Waals surface area (Å²) in [7, 11) is 3.07. The Bertz CT molecular complexity index is 1840. The molecule has 0 bridgehead atoms. The largest absolute Gasteiger partial charge is 0.497 e. The van der Waals surface area contributed by atoms with Crippen molar-refractivity contribution in [1.82, 2.24) is 4.57 Å². The molecule has 3 aromatic carbocycles. The number of allylic oxidation sites excluding steroid dienone is 1. The van der Waals surface area contributed by atoms with Crippen molar-refractivity contribution in [1.29, 1.82) is 0 Å². The molecule has 1 aliphatic rings. The Morgan fingerprint density at radius 1 is 1.05 bits per heavy atom. The molecule has 5 rings (SSSR count). The van der Waals surface area contributed by atoms with Gasteiger partial charge in [-0.1, -0.05) is 41.7 Å². The molecule has 1 aliphatic heterocycles. The smallest absolute Gasteiger partial charge is 0.338 e. The van der Waals surface area contributed by atoms with Crippen molar-refractivity contribution in [2.45, 2.75) is 26.5 Å². The summed E-state index contributed by atoms with van der Waals surface area (Å²) >= 11 is 1.22. The van der Waals surface area contributed by atoms with E-state index in [-0.39, 0.29) is 30.2 Å². The van der Waals surface area contributed by atoms with Gasteiger partial charge in [0, 0.05) is 17.2 Å². The molecule has 0 fully saturated rings. The number of nitrogens with zero attached hydrogens (tertiary/aromatic N) is 2. The Hall–Kier alpha value is -4.70. The van der Waals surface area contributed by atoms with Gasteiger partial charge < -0.3 is 18.9 Å². The van der Waals surface area contributed by atoms with E-state index in [0.717, 1.165) is 5.56 Å². The maximum atomic E-state index is 13.9. The van der Waals surface area contributed by atoms with E-state index in [4.69, 9.17) is 18.9 Å². The van der Waals surface area contributed by atoms with Crippen LogP contribution in [-0.4, -0.2) is 31.4 Å². The number of esters is 1. The topological polar surface area (TPSA) is 88.4 Å². The van der Waals surface area contributed by atoms with Gasteiger partial charge in [0.05, 0.1) is 36.6 Å². The van der Waals surface area contributed by atoms with E-state index in [1.165, 1.54) is 29.1 Å². The number of thiazole rings is 1. The average molecular weight is 589 g/mol. The molecule has 2 heterocycles. The predicted molar refractivity (Wildman–Crippen MR) is 157 cm³/mol. The van der Waals surface area contributed by atoms with Crippen LogP contribution in [0.1, 0.15) is 36.6 Å². The maximum Gasteiger partial charge on any atom is 0.338 e. The molecule has 216 valence electrons. The zero-order valence-electron chi connectivity index (χ0n) is 23.5. The number of methoxy groups -OCH3 is 2. The van der Waals surface area contributed by atoms with Gasteiger partial charge in [-0.25, -0.2) is 14.2 Å². The SMILES string of the molecule is CCOC(=O)C1=C(C)N=c2s/c(=C\c3ccc(OCc4ccccc4F)cc3)c(=O)n2[C@H]1c1ccc(OC)cc1OC. The van der Waals surface area contributed by atoms with Gasteiger partial charge in [-0.2, -0.15) is 0 Å². The highest BCUT2D eigenvalue weighted by Gasteiger charge is 2.35. The summed E-state index contributed by atoms with van der Waals surface area (Å²) in [5.41, 5.74) is 2.23. The fourth-order valence-electron chi connectivity index (χ4n) is 4.72. The van der Waals surface area contributed by atoms with Crippen LogP contribution >= 0.6 is 11.3 Å². The number of carbonyl (C=O) groups is 1. The van der Waals surface area contributed by atoms with Gasteiger partial charge in [0.25, 0.3) is 5.56 Å². The first kappa shape index (κ1) is 28.8. The highest BCUT2D eigenvalue weighted by atomic mass is 32.1. The summed E-state index contributed by atoms with van der Waals surface area (Å²) in [6.45, 7) is 3.72. The van der Waals surface area contributed by atoms with E-state index < -0.39 is 12.0 Å². The lowest BCUT2D eigenvalue weighted by Crippen LogP contribution is -2.40. The third-order valence-corrected chi connectivity index (χ3v) is 7.77. The Labute approximate surface area is 245 Å². The van der Waals surface area contributed by atoms with E-state index in [9.17, 15) is 14.0 Å². The second kappa shape index (κ2) is 12.4. The molecule has 4 aromatic rings. The van der Waals surface area contributed by atoms with Crippen molar-refractivity contribution in [3.8, 4) is 17.2 Å². The van der Waals surface area contributed by atoms with Crippen LogP contribution in [0.15, 0.2) is 87.8 Å². The van der Waals surface area contributed by atoms with Crippen LogP contribution in [0.2, 0.25) is 0 Å². The highest BCUT2D eigenvalue weighted by molar-refractivity contribution is 7.07. The van der Waals surface area contributed by atoms with Crippen molar-refractivity contribution in [2.75, 3.05) is 20.8 Å². The Morgan fingerprint density at radius 2 is 1.79 bits per heavy atom. The predicted octanol–water partition coefficient (Wildman–Crippen LogP) is 4.53. The van der Waals surface area contributed by atoms with Crippen LogP contribution in [0.4, 0.5) is 4.39 Å². The minimum atomic E-state index is -0.822. The van der Waals surface area contributed by atoms with Crippen LogP contribution in [0.25, 0.3) is 6.08 Å². The standard InChI is InChI=1S/C32H29FN2O6S/c1-5-40-31(37)28-19(2)34-32-35(29(28)24-15-14-23(38-3)17-26(24)39-4)30(36)27(42-32)16-20-10-12-22(13-11-20)41-18-21-8-6-7-9-25(21)33/h6-17,29H,5,18H2,1-4H3/b27-16-/t29-/m0/s1. The quantitative estimate of drug-likeness (QED) is 0.267. The molecule has 8 nitrogen and oxygen atoms in total. The summed E-state index contributed by atoms with van der Waals surface area (Å²) < 4.78 is 38.0. The average Bonchev–Trinajstić information content (AvgIpc) is 3.30. The van der Waals surface area contributed by atoms with E-state index in [0.29, 0.717) is 43.4 Å². The van der Waals surface area contributed by atoms with Gasteiger partial charge in [-0.15, -0.1) is 0 Å². The van der Waals surface area contributed by atoms with Gasteiger partial charge >= 0.3 is 5.97 Å². The maximum absolute atomic E-state index is 13.9. The molecule has 0 saturated heterocycles. The summed E-state index contributed by atoms with van der Waals surface area (Å²) in [6.07, 6.45) is 1.76. The molecular formula is C32H29FN2O6S. The van der Waals surface area contributed by atoms with E-state index in [2.05, 4.69) is 4.99 Å². The molecule has 0 aliphatic carbocycles. The van der Waals surface area contributed by atoms with Crippen molar-refractivity contribution in [2.24, 2.45) is 4.99 Å². The molecule has 0 saturated carbocycles. The van der Waals surface area contributed by atoms with Gasteiger partial charge in [0.15, 0.2) is 4.80 Å². The zero-order chi connectivity index (χ0) is 29.8. The molecule has 0 spiro atoms. The van der Waals surface area contributed by atoms with E-state index in [1.54, 1.807) is 75.6 Å². The number of hydrogen-bond acceptors (Lipinski definition) is 8. The number of aromatic nitrogens is 1. The minimum absolute atomic E-state index is 0.0988. The third-order valence-electron chi connectivity index (χ3n) is 6.78. The lowest BCUT2D eigenvalue weighted by molar-refractivity contribution is -0.139. The number of fused-ring (bicyclic) bond motifs is 1. The molecule has 1 atom stereocenters. The Balaban J connectivity index is 1.54. The second-order valence-corrected chi connectivity index (χ2v) is 10.4. The van der Waals surface area contributed by atoms with Crippen LogP contribution < -0.4 is 29.1 Å². The number of ether oxygens (including phenoxy) is 4. The molecule has 10 heteroatoms. The van der Waals surface area contributed by atoms with Gasteiger partial charge in [-0.05, 0) is 55.8 Å². The van der Waals surface area contributed by atoms with Crippen molar-refractivity contribution in [3.63, 3.8) is 0 Å². The molecule has 1 aromatic heterocycles. The number of carbonyl (C=O) groups excluding carboxylic acids is 1. The van der Waals surface area contributed by atoms with Crippen molar-refractivity contribution >= 4 is 23.4 Å². The lowest BCUT2D eigenvalue weighted by Gasteiger charge is -2.26. The van der Waals surface area contributed by atoms with Crippen molar-refractivity contribution in [3.05, 3.63) is 120 Å². The molecule has 0 amide bonds. The second-order valence-electron chi connectivity index (χ2n) is 9.36. The van der Waals surface area contributed by atoms with Crippen molar-refractivity contribution < 1.29 is 28.1 Å². The third kappa shape index (κ3) is 5.71. The lowest BCUT2D eigenvalue weighted by atomic mass is 9.95. The highest BCUT2D eigenvalue weighted by Crippen LogP contribution is 2.37. The summed E-state index contributed by atoms with van der Waals surface area (Å²) in [5.74, 6) is 0.718. The summed E-state index contributed by atoms with van der Waals surface area (Å²) in [4.78, 5) is 32.1. The molecule has 0 radical (unpaired) electrons. The summed E-state index contributed by atoms with van der Waals surface area (Å²) in [5, 5.41) is 0. The van der Waals surface area contributed by atoms with Crippen LogP contribution in [-0.2, 0) is 16.1 Å². The number of hydrogen-bond donors (Lipinski definition) is 0. The normalized spacial score (nSPS) is 14.7. The fraction of sp³-hybridized carbons (Fsp3) is 0.219. The number of benzene rings is 3. The molecule has 0 N–H and O–H groups in total. The van der Waals surface area contributed by atoms with E-state index >= 15 is 0 Å². The Morgan fingerprint density at radius 3 is 2.48 bits per heavy atom. The van der Waals surface area contributed by atoms with Crippen LogP contribution in [0.5, 0.6) is 17.2 Å². The summed E-state index contributed by atoms with van der Waals surface area (Å²) in [6, 6.07) is 18.0. The monoisotopic (exact) mass is 588 g/mol. The first-order chi connectivity index (χ1) is 20.3. The Kier molecular flexibility index (Phi) is 8.53. The minimum Gasteiger partial charge on any atom is -0.497 e. The van der Waals surface area contributed by atoms with Crippen LogP contribution in [0.3, 0.4) is 0 Å². The zero-order valence-corrected chi connectivity index (χ0v) is 24.4. The van der Waals surface area contributed by atoms with Gasteiger partial charge in [0.2, 0.25) is 0 Å². The van der Waals surface area contributed by atoms with E-state index in [1.807, 2.05) is 12.1 Å². The first-order valence-corrected chi connectivity index (χ1v) is 14.0. The first-order valence-electron chi connectivity index (χ1n) is 13.2. The molecular weight excluding hydrogens is 559 g/mol. The van der Waals surface area contributed by atoms with Gasteiger partial charge in [0.1, 0.15) is 35.7 Å². The van der Waals surface area contributed by atoms with Crippen LogP contribution in [0, 0.1) is 5.82 Å². The molecule has 0 unspecified atom stereocenters. The number of rotatable bonds is 9.